The van der Waals surface area contributed by atoms with Gasteiger partial charge in [-0.25, -0.2) is 0 Å². The molecule has 0 aliphatic heterocycles. The van der Waals surface area contributed by atoms with E-state index in [0.717, 1.165) is 49.9 Å². The Kier molecular flexibility index (Phi) is 7.04. The maximum atomic E-state index is 13.8. The molecule has 1 amide bonds. The zero-order chi connectivity index (χ0) is 25.8. The summed E-state index contributed by atoms with van der Waals surface area (Å²) >= 11 is 0. The molecule has 0 bridgehead atoms. The highest BCUT2D eigenvalue weighted by atomic mass is 16.5. The lowest BCUT2D eigenvalue weighted by molar-refractivity contribution is 0.0940. The van der Waals surface area contributed by atoms with E-state index in [2.05, 4.69) is 55.6 Å². The van der Waals surface area contributed by atoms with Crippen LogP contribution in [-0.2, 0) is 6.61 Å². The summed E-state index contributed by atoms with van der Waals surface area (Å²) < 4.78 is 6.44. The first-order chi connectivity index (χ1) is 18.0. The Morgan fingerprint density at radius 1 is 0.784 bits per heavy atom. The van der Waals surface area contributed by atoms with E-state index in [0.29, 0.717) is 12.2 Å². The molecular weight excluding hydrogens is 454 g/mol. The fourth-order valence-corrected chi connectivity index (χ4v) is 4.93. The second-order valence-corrected chi connectivity index (χ2v) is 9.54. The third-order valence-corrected chi connectivity index (χ3v) is 6.75. The highest BCUT2D eigenvalue weighted by Crippen LogP contribution is 2.41. The van der Waals surface area contributed by atoms with E-state index in [-0.39, 0.29) is 11.9 Å². The Bertz CT molecular complexity index is 1540. The normalized spacial score (nSPS) is 11.8. The van der Waals surface area contributed by atoms with E-state index in [4.69, 9.17) is 4.74 Å². The molecule has 0 unspecified atom stereocenters. The monoisotopic (exact) mass is 485 g/mol. The largest absolute Gasteiger partial charge is 0.488 e. The van der Waals surface area contributed by atoms with Crippen molar-refractivity contribution >= 4 is 16.7 Å². The van der Waals surface area contributed by atoms with E-state index in [1.807, 2.05) is 79.7 Å². The van der Waals surface area contributed by atoms with Crippen LogP contribution in [0.15, 0.2) is 109 Å². The van der Waals surface area contributed by atoms with E-state index in [1.54, 1.807) is 0 Å². The van der Waals surface area contributed by atoms with Crippen molar-refractivity contribution in [3.05, 3.63) is 137 Å². The van der Waals surface area contributed by atoms with Crippen molar-refractivity contribution in [3.8, 4) is 16.9 Å². The standard InChI is InChI=1S/C34H31NO2/c1-23-20-24(2)32(31(21-23)37-22-26-12-6-4-7-13-26)33-29-17-11-10-16-28(29)18-19-30(33)34(36)35-25(3)27-14-8-5-9-15-27/h4-21,25H,22H2,1-3H3,(H,35,36)/t25-/m1/s1. The minimum atomic E-state index is -0.124. The van der Waals surface area contributed by atoms with E-state index in [1.165, 1.54) is 0 Å². The minimum absolute atomic E-state index is 0.105. The van der Waals surface area contributed by atoms with Crippen molar-refractivity contribution in [2.24, 2.45) is 0 Å². The van der Waals surface area contributed by atoms with E-state index in [9.17, 15) is 4.79 Å². The summed E-state index contributed by atoms with van der Waals surface area (Å²) in [6, 6.07) is 36.5. The van der Waals surface area contributed by atoms with Crippen LogP contribution in [0.4, 0.5) is 0 Å². The number of aryl methyl sites for hydroxylation is 2. The summed E-state index contributed by atoms with van der Waals surface area (Å²) in [5.74, 6) is 0.675. The summed E-state index contributed by atoms with van der Waals surface area (Å²) in [7, 11) is 0. The molecule has 0 radical (unpaired) electrons. The number of rotatable bonds is 7. The van der Waals surface area contributed by atoms with Crippen molar-refractivity contribution in [2.75, 3.05) is 0 Å². The molecule has 0 aliphatic carbocycles. The molecule has 1 atom stereocenters. The lowest BCUT2D eigenvalue weighted by atomic mass is 9.89. The quantitative estimate of drug-likeness (QED) is 0.252. The average molecular weight is 486 g/mol. The first kappa shape index (κ1) is 24.3. The topological polar surface area (TPSA) is 38.3 Å². The third kappa shape index (κ3) is 5.26. The number of benzene rings is 5. The predicted molar refractivity (Wildman–Crippen MR) is 152 cm³/mol. The maximum Gasteiger partial charge on any atom is 0.252 e. The fourth-order valence-electron chi connectivity index (χ4n) is 4.93. The number of carbonyl (C=O) groups is 1. The van der Waals surface area contributed by atoms with Crippen LogP contribution in [0.1, 0.15) is 45.6 Å². The van der Waals surface area contributed by atoms with Gasteiger partial charge in [0.15, 0.2) is 0 Å². The smallest absolute Gasteiger partial charge is 0.252 e. The zero-order valence-electron chi connectivity index (χ0n) is 21.5. The molecule has 0 spiro atoms. The molecule has 0 saturated carbocycles. The van der Waals surface area contributed by atoms with E-state index < -0.39 is 0 Å². The highest BCUT2D eigenvalue weighted by Gasteiger charge is 2.22. The van der Waals surface area contributed by atoms with Crippen LogP contribution in [0.2, 0.25) is 0 Å². The summed E-state index contributed by atoms with van der Waals surface area (Å²) in [6.45, 7) is 6.63. The van der Waals surface area contributed by atoms with Crippen LogP contribution in [0, 0.1) is 13.8 Å². The number of hydrogen-bond acceptors (Lipinski definition) is 2. The van der Waals surface area contributed by atoms with Gasteiger partial charge in [0.05, 0.1) is 6.04 Å². The number of fused-ring (bicyclic) bond motifs is 1. The van der Waals surface area contributed by atoms with Crippen LogP contribution >= 0.6 is 0 Å². The van der Waals surface area contributed by atoms with Gasteiger partial charge in [-0.3, -0.25) is 4.79 Å². The van der Waals surface area contributed by atoms with Gasteiger partial charge in [0, 0.05) is 16.7 Å². The molecule has 0 saturated heterocycles. The molecule has 5 rings (SSSR count). The van der Waals surface area contributed by atoms with Crippen molar-refractivity contribution in [1.29, 1.82) is 0 Å². The molecule has 37 heavy (non-hydrogen) atoms. The molecule has 5 aromatic rings. The van der Waals surface area contributed by atoms with Gasteiger partial charge < -0.3 is 10.1 Å². The van der Waals surface area contributed by atoms with Gasteiger partial charge in [0.2, 0.25) is 0 Å². The van der Waals surface area contributed by atoms with Crippen molar-refractivity contribution in [1.82, 2.24) is 5.32 Å². The van der Waals surface area contributed by atoms with Gasteiger partial charge in [-0.2, -0.15) is 0 Å². The summed E-state index contributed by atoms with van der Waals surface area (Å²) in [4.78, 5) is 13.8. The van der Waals surface area contributed by atoms with Gasteiger partial charge in [-0.15, -0.1) is 0 Å². The lowest BCUT2D eigenvalue weighted by Crippen LogP contribution is -2.27. The Morgan fingerprint density at radius 3 is 2.22 bits per heavy atom. The van der Waals surface area contributed by atoms with Gasteiger partial charge in [-0.1, -0.05) is 97.1 Å². The Morgan fingerprint density at radius 2 is 1.46 bits per heavy atom. The molecule has 5 aromatic carbocycles. The van der Waals surface area contributed by atoms with Crippen molar-refractivity contribution < 1.29 is 9.53 Å². The highest BCUT2D eigenvalue weighted by molar-refractivity contribution is 6.11. The van der Waals surface area contributed by atoms with Crippen LogP contribution in [-0.4, -0.2) is 5.91 Å². The molecule has 0 fully saturated rings. The molecule has 184 valence electrons. The lowest BCUT2D eigenvalue weighted by Gasteiger charge is -2.21. The number of nitrogens with one attached hydrogen (secondary N) is 1. The number of amides is 1. The second kappa shape index (κ2) is 10.7. The Balaban J connectivity index is 1.62. The second-order valence-electron chi connectivity index (χ2n) is 9.54. The Labute approximate surface area is 218 Å². The molecule has 3 nitrogen and oxygen atoms in total. The molecule has 0 aromatic heterocycles. The van der Waals surface area contributed by atoms with Crippen LogP contribution in [0.25, 0.3) is 21.9 Å². The fraction of sp³-hybridized carbons (Fsp3) is 0.147. The van der Waals surface area contributed by atoms with Gasteiger partial charge in [0.25, 0.3) is 5.91 Å². The van der Waals surface area contributed by atoms with Crippen molar-refractivity contribution in [3.63, 3.8) is 0 Å². The van der Waals surface area contributed by atoms with Crippen molar-refractivity contribution in [2.45, 2.75) is 33.4 Å². The minimum Gasteiger partial charge on any atom is -0.488 e. The van der Waals surface area contributed by atoms with Gasteiger partial charge in [-0.05, 0) is 65.9 Å². The maximum absolute atomic E-state index is 13.8. The Hall–Kier alpha value is -4.37. The number of hydrogen-bond donors (Lipinski definition) is 1. The summed E-state index contributed by atoms with van der Waals surface area (Å²) in [5, 5.41) is 5.33. The molecule has 0 heterocycles. The SMILES string of the molecule is Cc1cc(C)c(-c2c(C(=O)N[C@H](C)c3ccccc3)ccc3ccccc23)c(OCc2ccccc2)c1. The van der Waals surface area contributed by atoms with Crippen LogP contribution in [0.3, 0.4) is 0 Å². The molecule has 1 N–H and O–H groups in total. The number of carbonyl (C=O) groups excluding carboxylic acids is 1. The summed E-state index contributed by atoms with van der Waals surface area (Å²) in [6.07, 6.45) is 0. The van der Waals surface area contributed by atoms with Gasteiger partial charge in [0.1, 0.15) is 12.4 Å². The average Bonchev–Trinajstić information content (AvgIpc) is 2.92. The predicted octanol–water partition coefficient (Wildman–Crippen LogP) is 8.19. The first-order valence-corrected chi connectivity index (χ1v) is 12.7. The third-order valence-electron chi connectivity index (χ3n) is 6.75. The molecule has 0 aliphatic rings. The zero-order valence-corrected chi connectivity index (χ0v) is 21.5. The van der Waals surface area contributed by atoms with Crippen LogP contribution < -0.4 is 10.1 Å². The van der Waals surface area contributed by atoms with E-state index >= 15 is 0 Å². The number of ether oxygens (including phenoxy) is 1. The molecule has 3 heteroatoms. The molecular formula is C34H31NO2. The van der Waals surface area contributed by atoms with Gasteiger partial charge >= 0.3 is 0 Å². The first-order valence-electron chi connectivity index (χ1n) is 12.7. The van der Waals surface area contributed by atoms with Crippen LogP contribution in [0.5, 0.6) is 5.75 Å². The summed E-state index contributed by atoms with van der Waals surface area (Å²) in [5.41, 5.74) is 6.85.